The van der Waals surface area contributed by atoms with Gasteiger partial charge in [-0.05, 0) is 53.9 Å². The van der Waals surface area contributed by atoms with Gasteiger partial charge in [0, 0.05) is 22.8 Å². The minimum atomic E-state index is -4.44. The number of aliphatic carboxylic acids is 1. The Hall–Kier alpha value is -3.30. The number of phenolic OH excluding ortho intramolecular Hbond substituents is 1. The number of carboxylic acids is 1. The van der Waals surface area contributed by atoms with E-state index in [4.69, 9.17) is 9.84 Å². The van der Waals surface area contributed by atoms with Gasteiger partial charge in [-0.25, -0.2) is 4.79 Å². The molecule has 0 amide bonds. The summed E-state index contributed by atoms with van der Waals surface area (Å²) in [6, 6.07) is 13.8. The third kappa shape index (κ3) is 4.46. The molecule has 0 aliphatic heterocycles. The Kier molecular flexibility index (Phi) is 4.89. The van der Waals surface area contributed by atoms with Crippen LogP contribution in [0.5, 0.6) is 11.5 Å². The van der Waals surface area contributed by atoms with E-state index < -0.39 is 27.6 Å². The lowest BCUT2D eigenvalue weighted by Gasteiger charge is -2.10. The second kappa shape index (κ2) is 7.14. The van der Waals surface area contributed by atoms with Gasteiger partial charge in [-0.15, -0.1) is 0 Å². The van der Waals surface area contributed by atoms with E-state index in [9.17, 15) is 22.9 Å². The molecule has 0 heterocycles. The first-order valence-corrected chi connectivity index (χ1v) is 9.12. The largest absolute Gasteiger partial charge is 0.507 e. The summed E-state index contributed by atoms with van der Waals surface area (Å²) < 4.78 is 36.9. The van der Waals surface area contributed by atoms with Crippen molar-refractivity contribution in [2.24, 2.45) is 0 Å². The molecule has 0 radical (unpaired) electrons. The number of carbonyl (C=O) groups is 1. The predicted molar refractivity (Wildman–Crippen MR) is 98.3 cm³/mol. The van der Waals surface area contributed by atoms with Crippen molar-refractivity contribution < 1.29 is 32.7 Å². The highest BCUT2D eigenvalue weighted by Crippen LogP contribution is 2.31. The summed E-state index contributed by atoms with van der Waals surface area (Å²) in [5.41, 5.74) is 1.31. The number of aromatic hydroxyl groups is 1. The predicted octanol–water partition coefficient (Wildman–Crippen LogP) is 3.00. The topological polar surface area (TPSA) is 133 Å². The van der Waals surface area contributed by atoms with Crippen molar-refractivity contribution in [3.05, 3.63) is 54.6 Å². The normalized spacial score (nSPS) is 11.3. The molecule has 0 aliphatic rings. The summed E-state index contributed by atoms with van der Waals surface area (Å²) in [5, 5.41) is 22.5. The van der Waals surface area contributed by atoms with E-state index in [-0.39, 0.29) is 5.75 Å². The molecule has 3 rings (SSSR count). The van der Waals surface area contributed by atoms with Gasteiger partial charge in [-0.3, -0.25) is 4.55 Å². The lowest BCUT2D eigenvalue weighted by Crippen LogP contribution is -2.09. The van der Waals surface area contributed by atoms with Crippen molar-refractivity contribution in [3.63, 3.8) is 0 Å². The molecule has 0 spiro atoms. The Morgan fingerprint density at radius 1 is 1.00 bits per heavy atom. The standard InChI is InChI=1S/C18H15NO7S/c20-17-9-15(27(23,24)25)8-11-7-13(3-6-16(11)17)19-12-1-4-14(5-2-12)26-10-18(21)22/h1-9,19-20H,10H2,(H,21,22)(H,23,24,25). The van der Waals surface area contributed by atoms with Crippen LogP contribution < -0.4 is 10.1 Å². The average Bonchev–Trinajstić information content (AvgIpc) is 2.60. The van der Waals surface area contributed by atoms with Crippen LogP contribution in [0.2, 0.25) is 0 Å². The van der Waals surface area contributed by atoms with Crippen LogP contribution >= 0.6 is 0 Å². The maximum atomic E-state index is 11.3. The first-order chi connectivity index (χ1) is 12.7. The van der Waals surface area contributed by atoms with Crippen molar-refractivity contribution in [2.45, 2.75) is 4.90 Å². The molecule has 27 heavy (non-hydrogen) atoms. The van der Waals surface area contributed by atoms with Crippen LogP contribution in [-0.2, 0) is 14.9 Å². The molecule has 8 nitrogen and oxygen atoms in total. The van der Waals surface area contributed by atoms with Gasteiger partial charge >= 0.3 is 5.97 Å². The number of ether oxygens (including phenoxy) is 1. The van der Waals surface area contributed by atoms with Crippen molar-refractivity contribution in [1.82, 2.24) is 0 Å². The first kappa shape index (κ1) is 18.5. The molecule has 0 bridgehead atoms. The first-order valence-electron chi connectivity index (χ1n) is 7.68. The number of anilines is 2. The Bertz CT molecular complexity index is 1110. The van der Waals surface area contributed by atoms with Gasteiger partial charge in [0.05, 0.1) is 4.90 Å². The van der Waals surface area contributed by atoms with Crippen molar-refractivity contribution >= 4 is 38.2 Å². The zero-order chi connectivity index (χ0) is 19.6. The smallest absolute Gasteiger partial charge is 0.341 e. The molecule has 140 valence electrons. The number of fused-ring (bicyclic) bond motifs is 1. The summed E-state index contributed by atoms with van der Waals surface area (Å²) in [4.78, 5) is 10.1. The quantitative estimate of drug-likeness (QED) is 0.473. The summed E-state index contributed by atoms with van der Waals surface area (Å²) in [7, 11) is -4.44. The maximum absolute atomic E-state index is 11.3. The van der Waals surface area contributed by atoms with Crippen molar-refractivity contribution in [2.75, 3.05) is 11.9 Å². The summed E-state index contributed by atoms with van der Waals surface area (Å²) in [6.45, 7) is -0.433. The molecule has 9 heteroatoms. The van der Waals surface area contributed by atoms with E-state index in [1.165, 1.54) is 6.07 Å². The van der Waals surface area contributed by atoms with Gasteiger partial charge in [-0.1, -0.05) is 0 Å². The minimum absolute atomic E-state index is 0.258. The Labute approximate surface area is 154 Å². The Balaban J connectivity index is 1.86. The van der Waals surface area contributed by atoms with Gasteiger partial charge in [0.2, 0.25) is 0 Å². The fraction of sp³-hybridized carbons (Fsp3) is 0.0556. The third-order valence-corrected chi connectivity index (χ3v) is 4.54. The number of carboxylic acid groups (broad SMARTS) is 1. The monoisotopic (exact) mass is 389 g/mol. The van der Waals surface area contributed by atoms with E-state index in [1.807, 2.05) is 0 Å². The Morgan fingerprint density at radius 2 is 1.67 bits per heavy atom. The van der Waals surface area contributed by atoms with Crippen molar-refractivity contribution in [3.8, 4) is 11.5 Å². The molecule has 3 aromatic carbocycles. The summed E-state index contributed by atoms with van der Waals surface area (Å²) in [6.07, 6.45) is 0. The molecule has 0 atom stereocenters. The molecule has 4 N–H and O–H groups in total. The molecule has 0 aromatic heterocycles. The minimum Gasteiger partial charge on any atom is -0.507 e. The fourth-order valence-electron chi connectivity index (χ4n) is 2.50. The van der Waals surface area contributed by atoms with Gasteiger partial charge in [-0.2, -0.15) is 8.42 Å². The molecule has 0 aliphatic carbocycles. The lowest BCUT2D eigenvalue weighted by atomic mass is 10.1. The highest BCUT2D eigenvalue weighted by molar-refractivity contribution is 7.85. The number of rotatable bonds is 6. The van der Waals surface area contributed by atoms with Gasteiger partial charge in [0.1, 0.15) is 11.5 Å². The van der Waals surface area contributed by atoms with E-state index in [0.717, 1.165) is 6.07 Å². The van der Waals surface area contributed by atoms with Crippen LogP contribution in [0.25, 0.3) is 10.8 Å². The van der Waals surface area contributed by atoms with Crippen molar-refractivity contribution in [1.29, 1.82) is 0 Å². The van der Waals surface area contributed by atoms with Crippen LogP contribution in [0.4, 0.5) is 11.4 Å². The molecule has 0 saturated heterocycles. The van der Waals surface area contributed by atoms with Crippen LogP contribution in [0.3, 0.4) is 0 Å². The van der Waals surface area contributed by atoms with Gasteiger partial charge < -0.3 is 20.3 Å². The van der Waals surface area contributed by atoms with E-state index in [2.05, 4.69) is 5.32 Å². The van der Waals surface area contributed by atoms with Gasteiger partial charge in [0.25, 0.3) is 10.1 Å². The second-order valence-electron chi connectivity index (χ2n) is 5.69. The molecular weight excluding hydrogens is 374 g/mol. The second-order valence-corrected chi connectivity index (χ2v) is 7.11. The fourth-order valence-corrected chi connectivity index (χ4v) is 3.03. The SMILES string of the molecule is O=C(O)COc1ccc(Nc2ccc3c(O)cc(S(=O)(=O)O)cc3c2)cc1. The molecule has 3 aromatic rings. The zero-order valence-corrected chi connectivity index (χ0v) is 14.6. The average molecular weight is 389 g/mol. The number of nitrogens with one attached hydrogen (secondary N) is 1. The highest BCUT2D eigenvalue weighted by atomic mass is 32.2. The lowest BCUT2D eigenvalue weighted by molar-refractivity contribution is -0.139. The van der Waals surface area contributed by atoms with E-state index in [1.54, 1.807) is 42.5 Å². The third-order valence-electron chi connectivity index (χ3n) is 3.71. The van der Waals surface area contributed by atoms with Crippen LogP contribution in [0.15, 0.2) is 59.5 Å². The highest BCUT2D eigenvalue weighted by Gasteiger charge is 2.13. The number of hydrogen-bond acceptors (Lipinski definition) is 6. The van der Waals surface area contributed by atoms with E-state index >= 15 is 0 Å². The molecular formula is C18H15NO7S. The molecule has 0 fully saturated rings. The van der Waals surface area contributed by atoms with Crippen LogP contribution in [-0.4, -0.2) is 35.8 Å². The Morgan fingerprint density at radius 3 is 2.30 bits per heavy atom. The van der Waals surface area contributed by atoms with E-state index in [0.29, 0.717) is 27.9 Å². The number of benzene rings is 3. The number of hydrogen-bond donors (Lipinski definition) is 4. The molecule has 0 saturated carbocycles. The van der Waals surface area contributed by atoms with Gasteiger partial charge in [0.15, 0.2) is 6.61 Å². The molecule has 0 unspecified atom stereocenters. The summed E-state index contributed by atoms with van der Waals surface area (Å²) >= 11 is 0. The maximum Gasteiger partial charge on any atom is 0.341 e. The summed E-state index contributed by atoms with van der Waals surface area (Å²) in [5.74, 6) is -0.920. The van der Waals surface area contributed by atoms with Crippen LogP contribution in [0, 0.1) is 0 Å². The number of phenols is 1. The zero-order valence-electron chi connectivity index (χ0n) is 13.8. The van der Waals surface area contributed by atoms with Crippen LogP contribution in [0.1, 0.15) is 0 Å².